The summed E-state index contributed by atoms with van der Waals surface area (Å²) in [6, 6.07) is 3.60. The highest BCUT2D eigenvalue weighted by atomic mass is 127. The van der Waals surface area contributed by atoms with E-state index >= 15 is 0 Å². The second-order valence-corrected chi connectivity index (χ2v) is 2.99. The van der Waals surface area contributed by atoms with Crippen molar-refractivity contribution < 1.29 is 4.39 Å². The van der Waals surface area contributed by atoms with Gasteiger partial charge >= 0.3 is 0 Å². The molecule has 4 heteroatoms. The van der Waals surface area contributed by atoms with Gasteiger partial charge in [0.2, 0.25) is 5.95 Å². The Balaban J connectivity index is 3.08. The molecule has 1 heterocycles. The summed E-state index contributed by atoms with van der Waals surface area (Å²) < 4.78 is 13.1. The number of hydrogen-bond acceptors (Lipinski definition) is 2. The normalized spacial score (nSPS) is 9.18. The number of aromatic nitrogens is 1. The summed E-state index contributed by atoms with van der Waals surface area (Å²) in [5, 5.41) is 8.34. The molecule has 2 nitrogen and oxygen atoms in total. The summed E-state index contributed by atoms with van der Waals surface area (Å²) in [7, 11) is 0. The van der Waals surface area contributed by atoms with Crippen molar-refractivity contribution in [2.75, 3.05) is 0 Å². The average molecular weight is 262 g/mol. The Morgan fingerprint density at radius 3 is 3.09 bits per heavy atom. The molecule has 0 N–H and O–H groups in total. The van der Waals surface area contributed by atoms with Crippen LogP contribution in [0.1, 0.15) is 5.56 Å². The zero-order chi connectivity index (χ0) is 8.27. The lowest BCUT2D eigenvalue weighted by molar-refractivity contribution is 0.573. The number of rotatable bonds is 1. The van der Waals surface area contributed by atoms with Gasteiger partial charge in [-0.3, -0.25) is 0 Å². The van der Waals surface area contributed by atoms with Crippen LogP contribution in [0.4, 0.5) is 4.39 Å². The lowest BCUT2D eigenvalue weighted by Gasteiger charge is -1.97. The topological polar surface area (TPSA) is 36.7 Å². The van der Waals surface area contributed by atoms with E-state index in [4.69, 9.17) is 5.26 Å². The van der Waals surface area contributed by atoms with Gasteiger partial charge in [-0.25, -0.2) is 4.98 Å². The number of hydrogen-bond donors (Lipinski definition) is 0. The summed E-state index contributed by atoms with van der Waals surface area (Å²) in [4.78, 5) is 3.44. The van der Waals surface area contributed by atoms with E-state index in [-0.39, 0.29) is 6.42 Å². The standard InChI is InChI=1S/C7H4FIN2/c8-7-6(9)5(1-3-10)2-4-11-7/h2,4H,1H2. The van der Waals surface area contributed by atoms with E-state index in [1.807, 2.05) is 28.7 Å². The Bertz CT molecular complexity index is 306. The molecule has 0 atom stereocenters. The summed E-state index contributed by atoms with van der Waals surface area (Å²) in [6.45, 7) is 0. The molecule has 0 aliphatic heterocycles. The first-order valence-electron chi connectivity index (χ1n) is 2.91. The minimum absolute atomic E-state index is 0.234. The maximum absolute atomic E-state index is 12.7. The minimum atomic E-state index is -0.502. The van der Waals surface area contributed by atoms with Crippen LogP contribution in [-0.2, 0) is 6.42 Å². The summed E-state index contributed by atoms with van der Waals surface area (Å²) in [5.74, 6) is -0.502. The summed E-state index contributed by atoms with van der Waals surface area (Å²) in [5.41, 5.74) is 0.695. The van der Waals surface area contributed by atoms with Crippen LogP contribution in [0.3, 0.4) is 0 Å². The average Bonchev–Trinajstić information content (AvgIpc) is 1.99. The molecule has 0 saturated carbocycles. The Morgan fingerprint density at radius 2 is 2.45 bits per heavy atom. The van der Waals surface area contributed by atoms with Crippen LogP contribution in [0.5, 0.6) is 0 Å². The van der Waals surface area contributed by atoms with Crippen LogP contribution in [0, 0.1) is 20.8 Å². The zero-order valence-corrected chi connectivity index (χ0v) is 7.67. The van der Waals surface area contributed by atoms with Gasteiger partial charge in [0.05, 0.1) is 16.1 Å². The number of halogens is 2. The SMILES string of the molecule is N#CCc1ccnc(F)c1I. The molecule has 1 aromatic heterocycles. The van der Waals surface area contributed by atoms with E-state index in [1.54, 1.807) is 6.07 Å². The van der Waals surface area contributed by atoms with E-state index in [0.717, 1.165) is 0 Å². The predicted molar refractivity (Wildman–Crippen MR) is 46.2 cm³/mol. The molecular weight excluding hydrogens is 258 g/mol. The molecule has 0 aliphatic rings. The van der Waals surface area contributed by atoms with Crippen LogP contribution < -0.4 is 0 Å². The maximum atomic E-state index is 12.7. The van der Waals surface area contributed by atoms with Gasteiger partial charge < -0.3 is 0 Å². The van der Waals surface area contributed by atoms with E-state index in [0.29, 0.717) is 9.13 Å². The third kappa shape index (κ3) is 1.87. The van der Waals surface area contributed by atoms with Crippen LogP contribution >= 0.6 is 22.6 Å². The first kappa shape index (κ1) is 8.40. The first-order chi connectivity index (χ1) is 5.25. The third-order valence-corrected chi connectivity index (χ3v) is 2.33. The van der Waals surface area contributed by atoms with E-state index < -0.39 is 5.95 Å². The van der Waals surface area contributed by atoms with Crippen molar-refractivity contribution in [2.45, 2.75) is 6.42 Å². The van der Waals surface area contributed by atoms with Crippen molar-refractivity contribution in [2.24, 2.45) is 0 Å². The quantitative estimate of drug-likeness (QED) is 0.572. The highest BCUT2D eigenvalue weighted by molar-refractivity contribution is 14.1. The molecule has 0 fully saturated rings. The van der Waals surface area contributed by atoms with Crippen molar-refractivity contribution in [3.05, 3.63) is 27.3 Å². The molecule has 1 rings (SSSR count). The Hall–Kier alpha value is -0.700. The molecule has 0 bridgehead atoms. The highest BCUT2D eigenvalue weighted by Crippen LogP contribution is 2.13. The monoisotopic (exact) mass is 262 g/mol. The van der Waals surface area contributed by atoms with Gasteiger partial charge in [-0.05, 0) is 34.2 Å². The number of nitrogens with zero attached hydrogens (tertiary/aromatic N) is 2. The largest absolute Gasteiger partial charge is 0.227 e. The van der Waals surface area contributed by atoms with Crippen LogP contribution in [0.2, 0.25) is 0 Å². The number of nitriles is 1. The highest BCUT2D eigenvalue weighted by Gasteiger charge is 2.04. The predicted octanol–water partition coefficient (Wildman–Crippen LogP) is 1.89. The van der Waals surface area contributed by atoms with Gasteiger partial charge in [0, 0.05) is 6.20 Å². The molecule has 1 aromatic rings. The Kier molecular flexibility index (Phi) is 2.76. The number of pyridine rings is 1. The van der Waals surface area contributed by atoms with Crippen LogP contribution in [0.25, 0.3) is 0 Å². The van der Waals surface area contributed by atoms with Gasteiger partial charge in [-0.1, -0.05) is 0 Å². The van der Waals surface area contributed by atoms with Gasteiger partial charge in [0.25, 0.3) is 0 Å². The second kappa shape index (κ2) is 3.62. The Morgan fingerprint density at radius 1 is 1.73 bits per heavy atom. The fraction of sp³-hybridized carbons (Fsp3) is 0.143. The molecule has 0 saturated heterocycles. The van der Waals surface area contributed by atoms with Crippen molar-refractivity contribution in [1.82, 2.24) is 4.98 Å². The van der Waals surface area contributed by atoms with Crippen molar-refractivity contribution >= 4 is 22.6 Å². The van der Waals surface area contributed by atoms with Crippen LogP contribution in [-0.4, -0.2) is 4.98 Å². The third-order valence-electron chi connectivity index (χ3n) is 1.20. The van der Waals surface area contributed by atoms with Gasteiger partial charge in [0.1, 0.15) is 0 Å². The van der Waals surface area contributed by atoms with Gasteiger partial charge in [-0.2, -0.15) is 9.65 Å². The maximum Gasteiger partial charge on any atom is 0.226 e. The molecule has 0 aliphatic carbocycles. The zero-order valence-electron chi connectivity index (χ0n) is 5.51. The van der Waals surface area contributed by atoms with E-state index in [9.17, 15) is 4.39 Å². The lowest BCUT2D eigenvalue weighted by atomic mass is 10.2. The van der Waals surface area contributed by atoms with Crippen molar-refractivity contribution in [3.63, 3.8) is 0 Å². The van der Waals surface area contributed by atoms with Crippen LogP contribution in [0.15, 0.2) is 12.3 Å². The van der Waals surface area contributed by atoms with E-state index in [1.165, 1.54) is 6.20 Å². The molecular formula is C7H4FIN2. The smallest absolute Gasteiger partial charge is 0.226 e. The molecule has 11 heavy (non-hydrogen) atoms. The fourth-order valence-corrected chi connectivity index (χ4v) is 1.19. The van der Waals surface area contributed by atoms with Gasteiger partial charge in [0.15, 0.2) is 0 Å². The summed E-state index contributed by atoms with van der Waals surface area (Å²) in [6.07, 6.45) is 1.60. The van der Waals surface area contributed by atoms with Gasteiger partial charge in [-0.15, -0.1) is 0 Å². The first-order valence-corrected chi connectivity index (χ1v) is 3.99. The molecule has 0 spiro atoms. The minimum Gasteiger partial charge on any atom is -0.227 e. The fourth-order valence-electron chi connectivity index (χ4n) is 0.677. The lowest BCUT2D eigenvalue weighted by Crippen LogP contribution is -1.93. The molecule has 0 radical (unpaired) electrons. The molecule has 0 unspecified atom stereocenters. The van der Waals surface area contributed by atoms with E-state index in [2.05, 4.69) is 4.98 Å². The van der Waals surface area contributed by atoms with Crippen molar-refractivity contribution in [1.29, 1.82) is 5.26 Å². The molecule has 0 aromatic carbocycles. The Labute approximate surface area is 77.2 Å². The van der Waals surface area contributed by atoms with Crippen molar-refractivity contribution in [3.8, 4) is 6.07 Å². The molecule has 0 amide bonds. The molecule has 56 valence electrons. The summed E-state index contributed by atoms with van der Waals surface area (Å²) >= 11 is 1.84. The second-order valence-electron chi connectivity index (χ2n) is 1.91.